The van der Waals surface area contributed by atoms with E-state index in [-0.39, 0.29) is 30.3 Å². The van der Waals surface area contributed by atoms with E-state index in [1.165, 1.54) is 0 Å². The molecule has 2 aromatic rings. The molecule has 0 aromatic heterocycles. The summed E-state index contributed by atoms with van der Waals surface area (Å²) in [6.07, 6.45) is 2.79. The molecule has 2 fully saturated rings. The molecule has 3 aliphatic carbocycles. The van der Waals surface area contributed by atoms with E-state index < -0.39 is 17.6 Å². The Morgan fingerprint density at radius 2 is 1.58 bits per heavy atom. The highest BCUT2D eigenvalue weighted by molar-refractivity contribution is 5.90. The van der Waals surface area contributed by atoms with Crippen LogP contribution in [0.4, 0.5) is 4.79 Å². The Balaban J connectivity index is 1.22. The summed E-state index contributed by atoms with van der Waals surface area (Å²) in [5, 5.41) is 14.8. The number of hydrogen-bond acceptors (Lipinski definition) is 4. The van der Waals surface area contributed by atoms with Crippen molar-refractivity contribution in [1.29, 1.82) is 0 Å². The fourth-order valence-corrected chi connectivity index (χ4v) is 5.39. The van der Waals surface area contributed by atoms with Gasteiger partial charge in [-0.3, -0.25) is 9.59 Å². The van der Waals surface area contributed by atoms with Crippen LogP contribution < -0.4 is 10.6 Å². The first-order chi connectivity index (χ1) is 16.0. The number of fused-ring (bicyclic) bond motifs is 3. The van der Waals surface area contributed by atoms with Gasteiger partial charge in [-0.2, -0.15) is 0 Å². The standard InChI is InChI=1S/C26H28N2O5/c29-23(30)21-13-16(21)14-27-24(31)26(11-5-6-12-26)28-25(32)33-15-22-19-9-3-1-7-17(19)18-8-2-4-10-20(18)22/h1-4,7-10,16,21-22H,5-6,11-15H2,(H,27,31)(H,28,32)(H,29,30). The number of benzene rings is 2. The largest absolute Gasteiger partial charge is 0.481 e. The lowest BCUT2D eigenvalue weighted by Crippen LogP contribution is -2.57. The van der Waals surface area contributed by atoms with Gasteiger partial charge in [0.15, 0.2) is 0 Å². The summed E-state index contributed by atoms with van der Waals surface area (Å²) in [6.45, 7) is 0.518. The van der Waals surface area contributed by atoms with E-state index in [1.54, 1.807) is 0 Å². The Labute approximate surface area is 192 Å². The summed E-state index contributed by atoms with van der Waals surface area (Å²) < 4.78 is 5.66. The maximum absolute atomic E-state index is 13.0. The van der Waals surface area contributed by atoms with Crippen LogP contribution in [0.1, 0.15) is 49.1 Å². The zero-order valence-corrected chi connectivity index (χ0v) is 18.4. The Bertz CT molecular complexity index is 1050. The summed E-state index contributed by atoms with van der Waals surface area (Å²) in [6, 6.07) is 16.3. The zero-order valence-electron chi connectivity index (χ0n) is 18.4. The SMILES string of the molecule is O=C(NC1(C(=O)NCC2CC2C(=O)O)CCCC1)OCC1c2ccccc2-c2ccccc21. The number of alkyl carbamates (subject to hydrolysis) is 1. The molecule has 7 nitrogen and oxygen atoms in total. The van der Waals surface area contributed by atoms with E-state index >= 15 is 0 Å². The molecular formula is C26H28N2O5. The van der Waals surface area contributed by atoms with Crippen LogP contribution in [0.5, 0.6) is 0 Å². The molecule has 3 aliphatic rings. The topological polar surface area (TPSA) is 105 Å². The number of carboxylic acids is 1. The van der Waals surface area contributed by atoms with Crippen molar-refractivity contribution in [3.8, 4) is 11.1 Å². The van der Waals surface area contributed by atoms with Gasteiger partial charge in [0.25, 0.3) is 0 Å². The van der Waals surface area contributed by atoms with Crippen molar-refractivity contribution in [2.75, 3.05) is 13.2 Å². The van der Waals surface area contributed by atoms with Gasteiger partial charge in [0, 0.05) is 12.5 Å². The molecule has 2 atom stereocenters. The molecule has 0 spiro atoms. The quantitative estimate of drug-likeness (QED) is 0.599. The summed E-state index contributed by atoms with van der Waals surface area (Å²) >= 11 is 0. The molecule has 0 heterocycles. The molecule has 2 unspecified atom stereocenters. The maximum atomic E-state index is 13.0. The van der Waals surface area contributed by atoms with Gasteiger partial charge < -0.3 is 20.5 Å². The number of carbonyl (C=O) groups excluding carboxylic acids is 2. The number of carboxylic acid groups (broad SMARTS) is 1. The number of aliphatic carboxylic acids is 1. The first-order valence-corrected chi connectivity index (χ1v) is 11.6. The number of rotatable bonds is 7. The van der Waals surface area contributed by atoms with E-state index in [0.29, 0.717) is 25.8 Å². The predicted octanol–water partition coefficient (Wildman–Crippen LogP) is 3.67. The van der Waals surface area contributed by atoms with E-state index in [4.69, 9.17) is 9.84 Å². The third-order valence-electron chi connectivity index (χ3n) is 7.34. The smallest absolute Gasteiger partial charge is 0.408 e. The lowest BCUT2D eigenvalue weighted by molar-refractivity contribution is -0.139. The average molecular weight is 449 g/mol. The van der Waals surface area contributed by atoms with E-state index in [0.717, 1.165) is 35.1 Å². The second kappa shape index (κ2) is 8.54. The van der Waals surface area contributed by atoms with Crippen molar-refractivity contribution in [1.82, 2.24) is 10.6 Å². The number of hydrogen-bond donors (Lipinski definition) is 3. The van der Waals surface area contributed by atoms with E-state index in [1.807, 2.05) is 24.3 Å². The Morgan fingerprint density at radius 1 is 0.970 bits per heavy atom. The number of amides is 2. The summed E-state index contributed by atoms with van der Waals surface area (Å²) in [5.41, 5.74) is 3.60. The summed E-state index contributed by atoms with van der Waals surface area (Å²) in [4.78, 5) is 36.8. The third kappa shape index (κ3) is 4.08. The molecule has 3 N–H and O–H groups in total. The van der Waals surface area contributed by atoms with Crippen molar-refractivity contribution in [3.63, 3.8) is 0 Å². The molecule has 33 heavy (non-hydrogen) atoms. The average Bonchev–Trinajstić information content (AvgIpc) is 3.34. The van der Waals surface area contributed by atoms with Crippen LogP contribution in [0, 0.1) is 11.8 Å². The van der Waals surface area contributed by atoms with Crippen LogP contribution in [0.2, 0.25) is 0 Å². The molecule has 0 saturated heterocycles. The molecule has 172 valence electrons. The third-order valence-corrected chi connectivity index (χ3v) is 7.34. The van der Waals surface area contributed by atoms with E-state index in [2.05, 4.69) is 34.9 Å². The minimum Gasteiger partial charge on any atom is -0.481 e. The molecule has 0 aliphatic heterocycles. The van der Waals surface area contributed by atoms with Crippen molar-refractivity contribution in [2.24, 2.45) is 11.8 Å². The summed E-state index contributed by atoms with van der Waals surface area (Å²) in [7, 11) is 0. The monoisotopic (exact) mass is 448 g/mol. The second-order valence-corrected chi connectivity index (χ2v) is 9.39. The van der Waals surface area contributed by atoms with Gasteiger partial charge >= 0.3 is 12.1 Å². The first-order valence-electron chi connectivity index (χ1n) is 11.6. The first kappa shape index (κ1) is 21.5. The van der Waals surface area contributed by atoms with Crippen molar-refractivity contribution >= 4 is 18.0 Å². The molecule has 7 heteroatoms. The van der Waals surface area contributed by atoms with Gasteiger partial charge in [0.1, 0.15) is 12.1 Å². The Morgan fingerprint density at radius 3 is 2.15 bits per heavy atom. The molecule has 2 aromatic carbocycles. The van der Waals surface area contributed by atoms with Crippen LogP contribution in [0.3, 0.4) is 0 Å². The van der Waals surface area contributed by atoms with E-state index in [9.17, 15) is 14.4 Å². The number of carbonyl (C=O) groups is 3. The van der Waals surface area contributed by atoms with Crippen LogP contribution in [-0.4, -0.2) is 41.8 Å². The van der Waals surface area contributed by atoms with Gasteiger partial charge in [0.2, 0.25) is 5.91 Å². The predicted molar refractivity (Wildman–Crippen MR) is 122 cm³/mol. The van der Waals surface area contributed by atoms with Crippen LogP contribution >= 0.6 is 0 Å². The molecule has 2 saturated carbocycles. The van der Waals surface area contributed by atoms with Gasteiger partial charge in [-0.15, -0.1) is 0 Å². The van der Waals surface area contributed by atoms with Gasteiger partial charge in [-0.1, -0.05) is 61.4 Å². The lowest BCUT2D eigenvalue weighted by atomic mass is 9.96. The summed E-state index contributed by atoms with van der Waals surface area (Å²) in [5.74, 6) is -1.51. The molecule has 0 radical (unpaired) electrons. The highest BCUT2D eigenvalue weighted by atomic mass is 16.5. The number of ether oxygens (including phenoxy) is 1. The zero-order chi connectivity index (χ0) is 23.0. The van der Waals surface area contributed by atoms with Crippen molar-refractivity contribution < 1.29 is 24.2 Å². The Hall–Kier alpha value is -3.35. The normalized spacial score (nSPS) is 22.2. The van der Waals surface area contributed by atoms with Crippen LogP contribution in [0.25, 0.3) is 11.1 Å². The molecule has 5 rings (SSSR count). The van der Waals surface area contributed by atoms with Crippen molar-refractivity contribution in [3.05, 3.63) is 59.7 Å². The highest BCUT2D eigenvalue weighted by Crippen LogP contribution is 2.44. The van der Waals surface area contributed by atoms with Gasteiger partial charge in [0.05, 0.1) is 5.92 Å². The van der Waals surface area contributed by atoms with Crippen molar-refractivity contribution in [2.45, 2.75) is 43.6 Å². The highest BCUT2D eigenvalue weighted by Gasteiger charge is 2.46. The number of nitrogens with one attached hydrogen (secondary N) is 2. The molecule has 2 amide bonds. The minimum atomic E-state index is -0.990. The fourth-order valence-electron chi connectivity index (χ4n) is 5.39. The maximum Gasteiger partial charge on any atom is 0.408 e. The van der Waals surface area contributed by atoms with Crippen LogP contribution in [0.15, 0.2) is 48.5 Å². The van der Waals surface area contributed by atoms with Crippen LogP contribution in [-0.2, 0) is 14.3 Å². The second-order valence-electron chi connectivity index (χ2n) is 9.39. The Kier molecular flexibility index (Phi) is 5.56. The lowest BCUT2D eigenvalue weighted by Gasteiger charge is -2.29. The van der Waals surface area contributed by atoms with Gasteiger partial charge in [-0.05, 0) is 47.4 Å². The van der Waals surface area contributed by atoms with Gasteiger partial charge in [-0.25, -0.2) is 4.79 Å². The molecular weight excluding hydrogens is 420 g/mol. The molecule has 0 bridgehead atoms. The minimum absolute atomic E-state index is 0.0284. The fraction of sp³-hybridized carbons (Fsp3) is 0.423.